The van der Waals surface area contributed by atoms with Crippen LogP contribution in [0.4, 0.5) is 8.78 Å². The molecule has 94 valence electrons. The van der Waals surface area contributed by atoms with Gasteiger partial charge >= 0.3 is 0 Å². The third-order valence-corrected chi connectivity index (χ3v) is 3.37. The van der Waals surface area contributed by atoms with Crippen molar-refractivity contribution < 1.29 is 8.78 Å². The maximum Gasteiger partial charge on any atom is 0.127 e. The van der Waals surface area contributed by atoms with Crippen LogP contribution in [-0.2, 0) is 6.54 Å². The minimum absolute atomic E-state index is 0.348. The normalized spacial score (nSPS) is 21.0. The van der Waals surface area contributed by atoms with E-state index in [-0.39, 0.29) is 11.6 Å². The second-order valence-corrected chi connectivity index (χ2v) is 4.64. The van der Waals surface area contributed by atoms with Crippen LogP contribution in [0.2, 0.25) is 0 Å². The van der Waals surface area contributed by atoms with Gasteiger partial charge in [0.25, 0.3) is 0 Å². The Kier molecular flexibility index (Phi) is 4.07. The van der Waals surface area contributed by atoms with Crippen molar-refractivity contribution in [2.75, 3.05) is 20.1 Å². The fraction of sp³-hybridized carbons (Fsp3) is 0.538. The van der Waals surface area contributed by atoms with Crippen molar-refractivity contribution in [3.63, 3.8) is 0 Å². The van der Waals surface area contributed by atoms with E-state index >= 15 is 0 Å². The topological polar surface area (TPSA) is 15.3 Å². The zero-order valence-electron chi connectivity index (χ0n) is 10.0. The monoisotopic (exact) mass is 240 g/mol. The van der Waals surface area contributed by atoms with Gasteiger partial charge in [0.1, 0.15) is 11.6 Å². The summed E-state index contributed by atoms with van der Waals surface area (Å²) in [5.41, 5.74) is 0.394. The molecule has 0 aliphatic carbocycles. The zero-order chi connectivity index (χ0) is 12.3. The van der Waals surface area contributed by atoms with Crippen molar-refractivity contribution in [3.8, 4) is 0 Å². The zero-order valence-corrected chi connectivity index (χ0v) is 10.0. The Balaban J connectivity index is 1.83. The van der Waals surface area contributed by atoms with Crippen LogP contribution >= 0.6 is 0 Å². The minimum atomic E-state index is -0.388. The highest BCUT2D eigenvalue weighted by Gasteiger charge is 2.19. The molecular formula is C13H18F2N2. The van der Waals surface area contributed by atoms with Gasteiger partial charge in [-0.15, -0.1) is 0 Å². The van der Waals surface area contributed by atoms with E-state index in [0.29, 0.717) is 18.2 Å². The first-order chi connectivity index (χ1) is 8.16. The summed E-state index contributed by atoms with van der Waals surface area (Å²) in [6.07, 6.45) is 2.40. The standard InChI is InChI=1S/C13H18F2N2/c1-17-6-2-3-12(17)9-16-8-10-7-11(14)4-5-13(10)15/h4-5,7,12,16H,2-3,6,8-9H2,1H3. The molecule has 2 rings (SSSR count). The molecule has 1 aliphatic heterocycles. The van der Waals surface area contributed by atoms with Crippen molar-refractivity contribution in [2.45, 2.75) is 25.4 Å². The number of halogens is 2. The van der Waals surface area contributed by atoms with E-state index < -0.39 is 0 Å². The predicted molar refractivity (Wildman–Crippen MR) is 63.7 cm³/mol. The first-order valence-electron chi connectivity index (χ1n) is 6.01. The fourth-order valence-electron chi connectivity index (χ4n) is 2.29. The van der Waals surface area contributed by atoms with E-state index in [0.717, 1.165) is 19.2 Å². The number of hydrogen-bond donors (Lipinski definition) is 1. The molecule has 1 atom stereocenters. The van der Waals surface area contributed by atoms with E-state index in [1.807, 2.05) is 0 Å². The van der Waals surface area contributed by atoms with Crippen LogP contribution in [0, 0.1) is 11.6 Å². The third-order valence-electron chi connectivity index (χ3n) is 3.37. The molecular weight excluding hydrogens is 222 g/mol. The summed E-state index contributed by atoms with van der Waals surface area (Å²) in [5, 5.41) is 3.19. The summed E-state index contributed by atoms with van der Waals surface area (Å²) in [5.74, 6) is -0.736. The van der Waals surface area contributed by atoms with Gasteiger partial charge in [-0.2, -0.15) is 0 Å². The summed E-state index contributed by atoms with van der Waals surface area (Å²) >= 11 is 0. The summed E-state index contributed by atoms with van der Waals surface area (Å²) in [7, 11) is 2.10. The van der Waals surface area contributed by atoms with Crippen LogP contribution in [-0.4, -0.2) is 31.1 Å². The number of likely N-dealkylation sites (N-methyl/N-ethyl adjacent to an activating group) is 1. The Labute approximate surface area is 101 Å². The van der Waals surface area contributed by atoms with Crippen LogP contribution in [0.3, 0.4) is 0 Å². The highest BCUT2D eigenvalue weighted by atomic mass is 19.1. The molecule has 1 saturated heterocycles. The van der Waals surface area contributed by atoms with Crippen LogP contribution in [0.1, 0.15) is 18.4 Å². The van der Waals surface area contributed by atoms with Gasteiger partial charge in [-0.25, -0.2) is 8.78 Å². The molecule has 0 radical (unpaired) electrons. The molecule has 0 spiro atoms. The average Bonchev–Trinajstić information content (AvgIpc) is 2.70. The van der Waals surface area contributed by atoms with Gasteiger partial charge in [-0.05, 0) is 44.6 Å². The van der Waals surface area contributed by atoms with Crippen molar-refractivity contribution in [3.05, 3.63) is 35.4 Å². The minimum Gasteiger partial charge on any atom is -0.311 e. The summed E-state index contributed by atoms with van der Waals surface area (Å²) < 4.78 is 26.3. The smallest absolute Gasteiger partial charge is 0.127 e. The summed E-state index contributed by atoms with van der Waals surface area (Å²) in [6.45, 7) is 2.33. The molecule has 0 aromatic heterocycles. The Hall–Kier alpha value is -1.00. The van der Waals surface area contributed by atoms with E-state index in [2.05, 4.69) is 17.3 Å². The second-order valence-electron chi connectivity index (χ2n) is 4.64. The lowest BCUT2D eigenvalue weighted by Crippen LogP contribution is -2.35. The predicted octanol–water partition coefficient (Wildman–Crippen LogP) is 2.15. The summed E-state index contributed by atoms with van der Waals surface area (Å²) in [6, 6.07) is 4.09. The van der Waals surface area contributed by atoms with Crippen LogP contribution in [0.15, 0.2) is 18.2 Å². The Morgan fingerprint density at radius 1 is 1.41 bits per heavy atom. The average molecular weight is 240 g/mol. The fourth-order valence-corrected chi connectivity index (χ4v) is 2.29. The molecule has 1 unspecified atom stereocenters. The van der Waals surface area contributed by atoms with Gasteiger partial charge in [-0.1, -0.05) is 0 Å². The quantitative estimate of drug-likeness (QED) is 0.867. The van der Waals surface area contributed by atoms with Gasteiger partial charge in [-0.3, -0.25) is 0 Å². The number of likely N-dealkylation sites (tertiary alicyclic amines) is 1. The number of nitrogens with zero attached hydrogens (tertiary/aromatic N) is 1. The van der Waals surface area contributed by atoms with E-state index in [9.17, 15) is 8.78 Å². The third kappa shape index (κ3) is 3.23. The molecule has 1 aromatic carbocycles. The molecule has 17 heavy (non-hydrogen) atoms. The lowest BCUT2D eigenvalue weighted by Gasteiger charge is -2.19. The van der Waals surface area contributed by atoms with E-state index in [4.69, 9.17) is 0 Å². The van der Waals surface area contributed by atoms with Crippen LogP contribution < -0.4 is 5.32 Å². The lowest BCUT2D eigenvalue weighted by molar-refractivity contribution is 0.300. The van der Waals surface area contributed by atoms with E-state index in [1.165, 1.54) is 25.0 Å². The van der Waals surface area contributed by atoms with Crippen molar-refractivity contribution >= 4 is 0 Å². The number of nitrogens with one attached hydrogen (secondary N) is 1. The van der Waals surface area contributed by atoms with Gasteiger partial charge < -0.3 is 10.2 Å². The maximum absolute atomic E-state index is 13.3. The maximum atomic E-state index is 13.3. The highest BCUT2D eigenvalue weighted by Crippen LogP contribution is 2.14. The largest absolute Gasteiger partial charge is 0.311 e. The van der Waals surface area contributed by atoms with Gasteiger partial charge in [0.15, 0.2) is 0 Å². The van der Waals surface area contributed by atoms with Crippen LogP contribution in [0.25, 0.3) is 0 Å². The molecule has 0 bridgehead atoms. The number of rotatable bonds is 4. The highest BCUT2D eigenvalue weighted by molar-refractivity contribution is 5.18. The second kappa shape index (κ2) is 5.56. The van der Waals surface area contributed by atoms with Crippen molar-refractivity contribution in [2.24, 2.45) is 0 Å². The number of benzene rings is 1. The first kappa shape index (κ1) is 12.5. The Bertz CT molecular complexity index is 382. The molecule has 2 nitrogen and oxygen atoms in total. The van der Waals surface area contributed by atoms with Crippen molar-refractivity contribution in [1.29, 1.82) is 0 Å². The summed E-state index contributed by atoms with van der Waals surface area (Å²) in [4.78, 5) is 2.30. The molecule has 1 aromatic rings. The lowest BCUT2D eigenvalue weighted by atomic mass is 10.2. The Morgan fingerprint density at radius 2 is 2.24 bits per heavy atom. The number of hydrogen-bond acceptors (Lipinski definition) is 2. The van der Waals surface area contributed by atoms with Gasteiger partial charge in [0, 0.05) is 24.7 Å². The molecule has 1 fully saturated rings. The van der Waals surface area contributed by atoms with Crippen molar-refractivity contribution in [1.82, 2.24) is 10.2 Å². The van der Waals surface area contributed by atoms with E-state index in [1.54, 1.807) is 0 Å². The molecule has 1 heterocycles. The molecule has 1 aliphatic rings. The van der Waals surface area contributed by atoms with Gasteiger partial charge in [0.2, 0.25) is 0 Å². The molecule has 4 heteroatoms. The SMILES string of the molecule is CN1CCCC1CNCc1cc(F)ccc1F. The first-order valence-corrected chi connectivity index (χ1v) is 6.01. The molecule has 0 amide bonds. The molecule has 1 N–H and O–H groups in total. The molecule has 0 saturated carbocycles. The van der Waals surface area contributed by atoms with Gasteiger partial charge in [0.05, 0.1) is 0 Å². The Morgan fingerprint density at radius 3 is 2.94 bits per heavy atom. The van der Waals surface area contributed by atoms with Crippen LogP contribution in [0.5, 0.6) is 0 Å².